The summed E-state index contributed by atoms with van der Waals surface area (Å²) in [7, 11) is 0. The number of nitrogen functional groups attached to an aromatic ring is 1. The summed E-state index contributed by atoms with van der Waals surface area (Å²) in [5.74, 6) is 0.425. The van der Waals surface area contributed by atoms with Crippen LogP contribution in [0.25, 0.3) is 0 Å². The number of ether oxygens (including phenoxy) is 2. The molecule has 1 aromatic heterocycles. The molecule has 1 aliphatic heterocycles. The van der Waals surface area contributed by atoms with E-state index < -0.39 is 0 Å². The van der Waals surface area contributed by atoms with E-state index in [1.165, 1.54) is 0 Å². The first-order valence-corrected chi connectivity index (χ1v) is 4.18. The maximum Gasteiger partial charge on any atom is 0.300 e. The molecule has 6 heteroatoms. The normalized spacial score (nSPS) is 22.0. The van der Waals surface area contributed by atoms with Gasteiger partial charge in [-0.15, -0.1) is 0 Å². The number of nitrogens with two attached hydrogens (primary N) is 1. The quantitative estimate of drug-likeness (QED) is 0.724. The van der Waals surface area contributed by atoms with Crippen molar-refractivity contribution in [1.82, 2.24) is 10.3 Å². The Bertz CT molecular complexity index is 270. The molecule has 2 N–H and O–H groups in total. The topological polar surface area (TPSA) is 83.4 Å². The van der Waals surface area contributed by atoms with Gasteiger partial charge in [0.05, 0.1) is 6.10 Å². The third kappa shape index (κ3) is 1.89. The van der Waals surface area contributed by atoms with Crippen LogP contribution in [0.1, 0.15) is 12.8 Å². The predicted octanol–water partition coefficient (Wildman–Crippen LogP) is 0.210. The summed E-state index contributed by atoms with van der Waals surface area (Å²) in [6, 6.07) is 0. The summed E-state index contributed by atoms with van der Waals surface area (Å²) in [6.07, 6.45) is 2.25. The van der Waals surface area contributed by atoms with Gasteiger partial charge in [0.2, 0.25) is 5.82 Å². The minimum atomic E-state index is 0.149. The van der Waals surface area contributed by atoms with Crippen molar-refractivity contribution >= 4 is 5.82 Å². The van der Waals surface area contributed by atoms with E-state index in [2.05, 4.69) is 14.9 Å². The summed E-state index contributed by atoms with van der Waals surface area (Å²) >= 11 is 0. The third-order valence-corrected chi connectivity index (χ3v) is 1.91. The lowest BCUT2D eigenvalue weighted by atomic mass is 10.2. The number of anilines is 1. The fourth-order valence-corrected chi connectivity index (χ4v) is 1.24. The molecule has 6 nitrogen and oxygen atoms in total. The molecule has 2 heterocycles. The fraction of sp³-hybridized carbons (Fsp3) is 0.714. The van der Waals surface area contributed by atoms with Gasteiger partial charge in [-0.05, 0) is 23.2 Å². The Kier molecular flexibility index (Phi) is 2.31. The standard InChI is InChI=1S/C7H11N3O3/c8-6-7(10-13-9-6)12-4-5-2-1-3-11-5/h5H,1-4H2,(H2,8,9)/t5-/m0/s1. The number of hydrogen-bond acceptors (Lipinski definition) is 6. The molecule has 0 radical (unpaired) electrons. The third-order valence-electron chi connectivity index (χ3n) is 1.91. The van der Waals surface area contributed by atoms with E-state index in [-0.39, 0.29) is 17.8 Å². The molecule has 1 aliphatic rings. The highest BCUT2D eigenvalue weighted by Gasteiger charge is 2.17. The number of aromatic nitrogens is 2. The van der Waals surface area contributed by atoms with E-state index >= 15 is 0 Å². The highest BCUT2D eigenvalue weighted by molar-refractivity contribution is 5.36. The van der Waals surface area contributed by atoms with Gasteiger partial charge in [0.25, 0.3) is 5.88 Å². The van der Waals surface area contributed by atoms with E-state index in [1.54, 1.807) is 0 Å². The van der Waals surface area contributed by atoms with E-state index in [4.69, 9.17) is 15.2 Å². The molecule has 0 aromatic carbocycles. The average molecular weight is 185 g/mol. The molecule has 1 fully saturated rings. The second kappa shape index (κ2) is 3.61. The zero-order valence-electron chi connectivity index (χ0n) is 7.10. The summed E-state index contributed by atoms with van der Waals surface area (Å²) < 4.78 is 15.0. The van der Waals surface area contributed by atoms with Crippen LogP contribution in [0.15, 0.2) is 4.63 Å². The molecule has 0 unspecified atom stereocenters. The molecule has 2 rings (SSSR count). The van der Waals surface area contributed by atoms with Gasteiger partial charge in [0.15, 0.2) is 0 Å². The van der Waals surface area contributed by atoms with E-state index in [9.17, 15) is 0 Å². The Morgan fingerprint density at radius 3 is 3.08 bits per heavy atom. The van der Waals surface area contributed by atoms with Crippen molar-refractivity contribution in [2.75, 3.05) is 18.9 Å². The summed E-state index contributed by atoms with van der Waals surface area (Å²) in [5.41, 5.74) is 5.39. The fourth-order valence-electron chi connectivity index (χ4n) is 1.24. The largest absolute Gasteiger partial charge is 0.470 e. The molecular weight excluding hydrogens is 174 g/mol. The average Bonchev–Trinajstić information content (AvgIpc) is 2.72. The van der Waals surface area contributed by atoms with Gasteiger partial charge in [0.1, 0.15) is 6.61 Å². The van der Waals surface area contributed by atoms with Gasteiger partial charge in [-0.2, -0.15) is 0 Å². The Balaban J connectivity index is 1.82. The lowest BCUT2D eigenvalue weighted by Gasteiger charge is -2.08. The molecule has 72 valence electrons. The van der Waals surface area contributed by atoms with Crippen LogP contribution in [0.2, 0.25) is 0 Å². The maximum atomic E-state index is 5.39. The Morgan fingerprint density at radius 2 is 2.46 bits per heavy atom. The van der Waals surface area contributed by atoms with Crippen LogP contribution < -0.4 is 10.5 Å². The first kappa shape index (κ1) is 8.31. The van der Waals surface area contributed by atoms with Gasteiger partial charge >= 0.3 is 0 Å². The van der Waals surface area contributed by atoms with Crippen LogP contribution in [0.3, 0.4) is 0 Å². The van der Waals surface area contributed by atoms with Crippen LogP contribution in [0.4, 0.5) is 5.82 Å². The molecule has 0 spiro atoms. The molecule has 1 atom stereocenters. The molecule has 0 saturated carbocycles. The second-order valence-electron chi connectivity index (χ2n) is 2.90. The lowest BCUT2D eigenvalue weighted by molar-refractivity contribution is 0.0650. The Labute approximate surface area is 75.0 Å². The highest BCUT2D eigenvalue weighted by Crippen LogP contribution is 2.17. The Hall–Kier alpha value is -1.30. The molecule has 0 amide bonds. The van der Waals surface area contributed by atoms with Gasteiger partial charge < -0.3 is 15.2 Å². The van der Waals surface area contributed by atoms with Gasteiger partial charge in [0, 0.05) is 6.61 Å². The smallest absolute Gasteiger partial charge is 0.300 e. The van der Waals surface area contributed by atoms with Crippen molar-refractivity contribution in [1.29, 1.82) is 0 Å². The van der Waals surface area contributed by atoms with Crippen molar-refractivity contribution in [3.63, 3.8) is 0 Å². The van der Waals surface area contributed by atoms with Crippen LogP contribution in [-0.2, 0) is 4.74 Å². The predicted molar refractivity (Wildman–Crippen MR) is 43.2 cm³/mol. The summed E-state index contributed by atoms with van der Waals surface area (Å²) in [4.78, 5) is 0. The molecule has 1 saturated heterocycles. The molecule has 1 aromatic rings. The number of rotatable bonds is 3. The second-order valence-corrected chi connectivity index (χ2v) is 2.90. The number of nitrogens with zero attached hydrogens (tertiary/aromatic N) is 2. The Morgan fingerprint density at radius 1 is 1.54 bits per heavy atom. The van der Waals surface area contributed by atoms with Crippen molar-refractivity contribution < 1.29 is 14.1 Å². The van der Waals surface area contributed by atoms with Crippen molar-refractivity contribution in [3.05, 3.63) is 0 Å². The van der Waals surface area contributed by atoms with Crippen molar-refractivity contribution in [3.8, 4) is 5.88 Å². The lowest BCUT2D eigenvalue weighted by Crippen LogP contribution is -2.16. The summed E-state index contributed by atoms with van der Waals surface area (Å²) in [6.45, 7) is 1.26. The van der Waals surface area contributed by atoms with E-state index in [0.717, 1.165) is 19.4 Å². The monoisotopic (exact) mass is 185 g/mol. The van der Waals surface area contributed by atoms with Gasteiger partial charge in [-0.25, -0.2) is 4.63 Å². The molecular formula is C7H11N3O3. The first-order chi connectivity index (χ1) is 6.36. The molecule has 13 heavy (non-hydrogen) atoms. The highest BCUT2D eigenvalue weighted by atomic mass is 16.6. The molecule has 0 bridgehead atoms. The van der Waals surface area contributed by atoms with Gasteiger partial charge in [-0.3, -0.25) is 0 Å². The van der Waals surface area contributed by atoms with Crippen LogP contribution >= 0.6 is 0 Å². The number of hydrogen-bond donors (Lipinski definition) is 1. The SMILES string of the molecule is Nc1nonc1OC[C@@H]1CCCO1. The molecule has 0 aliphatic carbocycles. The minimum Gasteiger partial charge on any atom is -0.470 e. The summed E-state index contributed by atoms with van der Waals surface area (Å²) in [5, 5.41) is 6.88. The van der Waals surface area contributed by atoms with Crippen molar-refractivity contribution in [2.24, 2.45) is 0 Å². The van der Waals surface area contributed by atoms with Crippen molar-refractivity contribution in [2.45, 2.75) is 18.9 Å². The van der Waals surface area contributed by atoms with E-state index in [1.807, 2.05) is 0 Å². The van der Waals surface area contributed by atoms with Crippen LogP contribution in [-0.4, -0.2) is 29.6 Å². The first-order valence-electron chi connectivity index (χ1n) is 4.18. The van der Waals surface area contributed by atoms with Crippen LogP contribution in [0, 0.1) is 0 Å². The maximum absolute atomic E-state index is 5.39. The zero-order valence-corrected chi connectivity index (χ0v) is 7.10. The van der Waals surface area contributed by atoms with Gasteiger partial charge in [-0.1, -0.05) is 0 Å². The zero-order chi connectivity index (χ0) is 9.10. The van der Waals surface area contributed by atoms with E-state index in [0.29, 0.717) is 6.61 Å². The minimum absolute atomic E-state index is 0.149. The van der Waals surface area contributed by atoms with Crippen LogP contribution in [0.5, 0.6) is 5.88 Å².